The third kappa shape index (κ3) is 3.81. The summed E-state index contributed by atoms with van der Waals surface area (Å²) in [6.45, 7) is 1.79. The number of nitrogens with two attached hydrogens (primary N) is 2. The Morgan fingerprint density at radius 2 is 1.80 bits per heavy atom. The molecule has 1 heterocycles. The Morgan fingerprint density at radius 1 is 1.08 bits per heavy atom. The van der Waals surface area contributed by atoms with Crippen molar-refractivity contribution in [3.05, 3.63) is 59.9 Å². The number of carbonyl (C=O) groups excluding carboxylic acids is 1. The molecule has 8 nitrogen and oxygen atoms in total. The summed E-state index contributed by atoms with van der Waals surface area (Å²) in [6, 6.07) is 14.6. The van der Waals surface area contributed by atoms with Gasteiger partial charge in [-0.1, -0.05) is 24.3 Å². The number of nitrogens with one attached hydrogen (secondary N) is 2. The number of aromatic amines is 1. The van der Waals surface area contributed by atoms with Crippen LogP contribution in [0.4, 0.5) is 5.69 Å². The van der Waals surface area contributed by atoms with Crippen LogP contribution in [0.25, 0.3) is 11.0 Å². The Balaban J connectivity index is 1.73. The Hall–Kier alpha value is -3.68. The fraction of sp³-hybridized carbons (Fsp3) is 0.0588. The van der Waals surface area contributed by atoms with E-state index in [9.17, 15) is 4.79 Å². The molecule has 0 fully saturated rings. The number of benzene rings is 2. The fourth-order valence-electron chi connectivity index (χ4n) is 2.24. The second kappa shape index (κ2) is 6.83. The normalized spacial score (nSPS) is 11.3. The number of hydrogen-bond donors (Lipinski definition) is 4. The lowest BCUT2D eigenvalue weighted by Gasteiger charge is -2.04. The summed E-state index contributed by atoms with van der Waals surface area (Å²) < 4.78 is 0. The second-order valence-corrected chi connectivity index (χ2v) is 5.34. The van der Waals surface area contributed by atoms with Gasteiger partial charge in [-0.15, -0.1) is 5.10 Å². The van der Waals surface area contributed by atoms with Crippen LogP contribution in [0.2, 0.25) is 0 Å². The number of rotatable bonds is 4. The molecule has 126 valence electrons. The van der Waals surface area contributed by atoms with Crippen LogP contribution in [-0.4, -0.2) is 27.5 Å². The van der Waals surface area contributed by atoms with Crippen LogP contribution in [0.1, 0.15) is 23.1 Å². The Morgan fingerprint density at radius 3 is 2.48 bits per heavy atom. The lowest BCUT2D eigenvalue weighted by molar-refractivity contribution is 0.101. The first-order valence-corrected chi connectivity index (χ1v) is 7.52. The highest BCUT2D eigenvalue weighted by molar-refractivity contribution is 6.04. The van der Waals surface area contributed by atoms with Crippen LogP contribution >= 0.6 is 0 Å². The molecule has 0 aliphatic carbocycles. The van der Waals surface area contributed by atoms with Crippen molar-refractivity contribution in [3.8, 4) is 0 Å². The van der Waals surface area contributed by atoms with E-state index in [1.54, 1.807) is 19.1 Å². The number of fused-ring (bicyclic) bond motifs is 1. The van der Waals surface area contributed by atoms with E-state index >= 15 is 0 Å². The number of guanidine groups is 1. The molecule has 6 N–H and O–H groups in total. The van der Waals surface area contributed by atoms with E-state index in [0.717, 1.165) is 16.6 Å². The SMILES string of the molecule is C/C(=N\N=C(N)N)c1ccc(NC(=O)c2nc3ccccc3[nH]2)cc1. The molecule has 0 aliphatic rings. The van der Waals surface area contributed by atoms with Gasteiger partial charge in [-0.05, 0) is 36.8 Å². The molecule has 0 saturated carbocycles. The van der Waals surface area contributed by atoms with E-state index in [4.69, 9.17) is 11.5 Å². The van der Waals surface area contributed by atoms with E-state index < -0.39 is 0 Å². The topological polar surface area (TPSA) is 135 Å². The van der Waals surface area contributed by atoms with Crippen molar-refractivity contribution in [1.29, 1.82) is 0 Å². The molecule has 1 amide bonds. The maximum atomic E-state index is 12.3. The number of H-pyrrole nitrogens is 1. The van der Waals surface area contributed by atoms with Gasteiger partial charge >= 0.3 is 0 Å². The maximum Gasteiger partial charge on any atom is 0.291 e. The number of anilines is 1. The number of hydrogen-bond acceptors (Lipinski definition) is 4. The highest BCUT2D eigenvalue weighted by Crippen LogP contribution is 2.14. The number of para-hydroxylation sites is 2. The summed E-state index contributed by atoms with van der Waals surface area (Å²) in [7, 11) is 0. The Labute approximate surface area is 143 Å². The monoisotopic (exact) mass is 335 g/mol. The van der Waals surface area contributed by atoms with Crippen molar-refractivity contribution in [2.75, 3.05) is 5.32 Å². The zero-order chi connectivity index (χ0) is 17.8. The molecule has 25 heavy (non-hydrogen) atoms. The lowest BCUT2D eigenvalue weighted by atomic mass is 10.1. The number of carbonyl (C=O) groups is 1. The highest BCUT2D eigenvalue weighted by atomic mass is 16.2. The summed E-state index contributed by atoms with van der Waals surface area (Å²) in [4.78, 5) is 19.6. The van der Waals surface area contributed by atoms with Crippen molar-refractivity contribution in [3.63, 3.8) is 0 Å². The molecule has 0 spiro atoms. The van der Waals surface area contributed by atoms with Gasteiger partial charge in [0.05, 0.1) is 16.7 Å². The van der Waals surface area contributed by atoms with Gasteiger partial charge in [0.2, 0.25) is 5.96 Å². The summed E-state index contributed by atoms with van der Waals surface area (Å²) in [6.07, 6.45) is 0. The van der Waals surface area contributed by atoms with Crippen molar-refractivity contribution in [2.24, 2.45) is 21.7 Å². The summed E-state index contributed by atoms with van der Waals surface area (Å²) in [5.41, 5.74) is 14.2. The zero-order valence-corrected chi connectivity index (χ0v) is 13.5. The summed E-state index contributed by atoms with van der Waals surface area (Å²) in [5.74, 6) is -0.153. The van der Waals surface area contributed by atoms with Crippen LogP contribution in [0.15, 0.2) is 58.7 Å². The quantitative estimate of drug-likeness (QED) is 0.328. The first-order valence-electron chi connectivity index (χ1n) is 7.52. The molecule has 0 aliphatic heterocycles. The number of amides is 1. The van der Waals surface area contributed by atoms with E-state index in [1.807, 2.05) is 36.4 Å². The molecule has 3 aromatic rings. The molecule has 1 aromatic heterocycles. The average molecular weight is 335 g/mol. The first-order chi connectivity index (χ1) is 12.0. The van der Waals surface area contributed by atoms with Gasteiger partial charge in [0.25, 0.3) is 5.91 Å². The predicted octanol–water partition coefficient (Wildman–Crippen LogP) is 1.81. The van der Waals surface area contributed by atoms with Crippen LogP contribution in [0.3, 0.4) is 0 Å². The van der Waals surface area contributed by atoms with Crippen LogP contribution in [0.5, 0.6) is 0 Å². The van der Waals surface area contributed by atoms with Gasteiger partial charge in [-0.2, -0.15) is 5.10 Å². The van der Waals surface area contributed by atoms with Crippen LogP contribution in [0, 0.1) is 0 Å². The average Bonchev–Trinajstić information content (AvgIpc) is 3.04. The maximum absolute atomic E-state index is 12.3. The summed E-state index contributed by atoms with van der Waals surface area (Å²) in [5, 5.41) is 10.3. The van der Waals surface area contributed by atoms with Gasteiger partial charge in [-0.3, -0.25) is 4.79 Å². The molecule has 0 radical (unpaired) electrons. The molecule has 8 heteroatoms. The fourth-order valence-corrected chi connectivity index (χ4v) is 2.24. The molecule has 0 saturated heterocycles. The van der Waals surface area contributed by atoms with Crippen molar-refractivity contribution in [1.82, 2.24) is 9.97 Å². The molecule has 3 rings (SSSR count). The van der Waals surface area contributed by atoms with Gasteiger partial charge in [-0.25, -0.2) is 4.98 Å². The van der Waals surface area contributed by atoms with Crippen molar-refractivity contribution in [2.45, 2.75) is 6.92 Å². The lowest BCUT2D eigenvalue weighted by Crippen LogP contribution is -2.22. The van der Waals surface area contributed by atoms with Crippen LogP contribution < -0.4 is 16.8 Å². The third-order valence-corrected chi connectivity index (χ3v) is 3.48. The summed E-state index contributed by atoms with van der Waals surface area (Å²) >= 11 is 0. The minimum atomic E-state index is -0.310. The van der Waals surface area contributed by atoms with Gasteiger partial charge in [0, 0.05) is 5.69 Å². The second-order valence-electron chi connectivity index (χ2n) is 5.34. The number of nitrogens with zero attached hydrogens (tertiary/aromatic N) is 3. The van der Waals surface area contributed by atoms with Gasteiger partial charge < -0.3 is 21.8 Å². The van der Waals surface area contributed by atoms with Gasteiger partial charge in [0.15, 0.2) is 5.82 Å². The molecule has 0 atom stereocenters. The smallest absolute Gasteiger partial charge is 0.291 e. The van der Waals surface area contributed by atoms with E-state index in [1.165, 1.54) is 0 Å². The Kier molecular flexibility index (Phi) is 4.42. The minimum absolute atomic E-state index is 0.103. The van der Waals surface area contributed by atoms with E-state index in [2.05, 4.69) is 25.5 Å². The number of aromatic nitrogens is 2. The largest absolute Gasteiger partial charge is 0.369 e. The zero-order valence-electron chi connectivity index (χ0n) is 13.5. The molecular weight excluding hydrogens is 318 g/mol. The van der Waals surface area contributed by atoms with E-state index in [-0.39, 0.29) is 17.7 Å². The number of imidazole rings is 1. The molecule has 2 aromatic carbocycles. The minimum Gasteiger partial charge on any atom is -0.369 e. The molecule has 0 unspecified atom stereocenters. The van der Waals surface area contributed by atoms with Crippen molar-refractivity contribution < 1.29 is 4.79 Å². The predicted molar refractivity (Wildman–Crippen MR) is 98.5 cm³/mol. The standard InChI is InChI=1S/C17H17N7O/c1-10(23-24-17(18)19)11-6-8-12(9-7-11)20-16(25)15-21-13-4-2-3-5-14(13)22-15/h2-9H,1H3,(H,20,25)(H,21,22)(H4,18,19,24)/b23-10+. The van der Waals surface area contributed by atoms with E-state index in [0.29, 0.717) is 11.4 Å². The van der Waals surface area contributed by atoms with Gasteiger partial charge in [0.1, 0.15) is 0 Å². The van der Waals surface area contributed by atoms with Crippen molar-refractivity contribution >= 4 is 34.3 Å². The third-order valence-electron chi connectivity index (χ3n) is 3.48. The Bertz CT molecular complexity index is 933. The molecule has 0 bridgehead atoms. The highest BCUT2D eigenvalue weighted by Gasteiger charge is 2.11. The molecular formula is C17H17N7O. The first kappa shape index (κ1) is 16.2. The van der Waals surface area contributed by atoms with Crippen LogP contribution in [-0.2, 0) is 0 Å².